The molecule has 0 unspecified atom stereocenters. The van der Waals surface area contributed by atoms with E-state index in [1.807, 2.05) is 20.1 Å². The first kappa shape index (κ1) is 19.2. The standard InChI is InChI=1S/C17H23N3O4S/c1-9(2)13-8-11(14-10(3)20-24-16(14)19-13)15(21)18-12(6-7-25-5)17(22)23-4/h8-9,12H,6-7H2,1-5H3,(H,18,21)/t12-/m0/s1. The van der Waals surface area contributed by atoms with Gasteiger partial charge in [0, 0.05) is 5.69 Å². The number of hydrogen-bond acceptors (Lipinski definition) is 7. The number of methoxy groups -OCH3 is 1. The number of ether oxygens (including phenoxy) is 1. The molecule has 0 radical (unpaired) electrons. The monoisotopic (exact) mass is 365 g/mol. The normalized spacial score (nSPS) is 12.4. The fourth-order valence-corrected chi connectivity index (χ4v) is 2.92. The molecule has 0 aliphatic heterocycles. The number of aryl methyl sites for hydroxylation is 1. The van der Waals surface area contributed by atoms with Crippen molar-refractivity contribution in [1.82, 2.24) is 15.5 Å². The Bertz CT molecular complexity index is 773. The van der Waals surface area contributed by atoms with Crippen molar-refractivity contribution in [1.29, 1.82) is 0 Å². The van der Waals surface area contributed by atoms with E-state index in [1.54, 1.807) is 24.8 Å². The van der Waals surface area contributed by atoms with Crippen LogP contribution in [0.2, 0.25) is 0 Å². The number of nitrogens with one attached hydrogen (secondary N) is 1. The summed E-state index contributed by atoms with van der Waals surface area (Å²) in [6, 6.07) is 1.03. The molecule has 0 aliphatic rings. The Kier molecular flexibility index (Phi) is 6.41. The van der Waals surface area contributed by atoms with Gasteiger partial charge in [0.15, 0.2) is 0 Å². The molecular weight excluding hydrogens is 342 g/mol. The van der Waals surface area contributed by atoms with E-state index < -0.39 is 12.0 Å². The van der Waals surface area contributed by atoms with Gasteiger partial charge < -0.3 is 14.6 Å². The summed E-state index contributed by atoms with van der Waals surface area (Å²) in [5.74, 6) is 0.0279. The summed E-state index contributed by atoms with van der Waals surface area (Å²) in [4.78, 5) is 29.2. The lowest BCUT2D eigenvalue weighted by Gasteiger charge is -2.17. The third-order valence-electron chi connectivity index (χ3n) is 3.87. The van der Waals surface area contributed by atoms with Crippen LogP contribution < -0.4 is 5.32 Å². The fourth-order valence-electron chi connectivity index (χ4n) is 2.45. The van der Waals surface area contributed by atoms with Crippen LogP contribution in [0.15, 0.2) is 10.6 Å². The second-order valence-electron chi connectivity index (χ2n) is 6.03. The second-order valence-corrected chi connectivity index (χ2v) is 7.01. The van der Waals surface area contributed by atoms with Crippen LogP contribution >= 0.6 is 11.8 Å². The first-order valence-electron chi connectivity index (χ1n) is 8.03. The molecule has 0 saturated heterocycles. The van der Waals surface area contributed by atoms with Crippen LogP contribution in [-0.2, 0) is 9.53 Å². The lowest BCUT2D eigenvalue weighted by Crippen LogP contribution is -2.42. The first-order chi connectivity index (χ1) is 11.9. The van der Waals surface area contributed by atoms with Crippen molar-refractivity contribution in [2.75, 3.05) is 19.1 Å². The molecule has 0 aliphatic carbocycles. The highest BCUT2D eigenvalue weighted by molar-refractivity contribution is 7.98. The Labute approximate surface area is 150 Å². The van der Waals surface area contributed by atoms with Gasteiger partial charge in [0.05, 0.1) is 23.8 Å². The van der Waals surface area contributed by atoms with Gasteiger partial charge in [-0.3, -0.25) is 4.79 Å². The van der Waals surface area contributed by atoms with E-state index in [2.05, 4.69) is 15.5 Å². The summed E-state index contributed by atoms with van der Waals surface area (Å²) in [6.07, 6.45) is 2.44. The molecule has 2 aromatic rings. The lowest BCUT2D eigenvalue weighted by atomic mass is 10.0. The van der Waals surface area contributed by atoms with E-state index in [-0.39, 0.29) is 11.8 Å². The minimum atomic E-state index is -0.698. The van der Waals surface area contributed by atoms with Crippen LogP contribution in [-0.4, -0.2) is 47.2 Å². The van der Waals surface area contributed by atoms with Gasteiger partial charge in [-0.15, -0.1) is 0 Å². The molecule has 2 rings (SSSR count). The largest absolute Gasteiger partial charge is 0.467 e. The van der Waals surface area contributed by atoms with Gasteiger partial charge in [0.25, 0.3) is 11.6 Å². The molecule has 136 valence electrons. The van der Waals surface area contributed by atoms with E-state index in [0.29, 0.717) is 28.8 Å². The number of aromatic nitrogens is 2. The molecule has 1 amide bonds. The first-order valence-corrected chi connectivity index (χ1v) is 9.43. The smallest absolute Gasteiger partial charge is 0.328 e. The van der Waals surface area contributed by atoms with Crippen LogP contribution in [0, 0.1) is 6.92 Å². The number of carbonyl (C=O) groups is 2. The molecule has 1 atom stereocenters. The predicted octanol–water partition coefficient (Wildman–Crippen LogP) is 2.68. The molecule has 0 spiro atoms. The van der Waals surface area contributed by atoms with Crippen LogP contribution in [0.1, 0.15) is 47.9 Å². The van der Waals surface area contributed by atoms with Gasteiger partial charge in [-0.05, 0) is 37.3 Å². The third-order valence-corrected chi connectivity index (χ3v) is 4.52. The number of thioether (sulfide) groups is 1. The number of carbonyl (C=O) groups excluding carboxylic acids is 2. The molecule has 0 fully saturated rings. The van der Waals surface area contributed by atoms with Crippen LogP contribution in [0.3, 0.4) is 0 Å². The van der Waals surface area contributed by atoms with Crippen molar-refractivity contribution < 1.29 is 18.8 Å². The van der Waals surface area contributed by atoms with E-state index >= 15 is 0 Å². The number of hydrogen-bond donors (Lipinski definition) is 1. The summed E-state index contributed by atoms with van der Waals surface area (Å²) in [5, 5.41) is 7.24. The number of esters is 1. The number of fused-ring (bicyclic) bond motifs is 1. The van der Waals surface area contributed by atoms with Crippen molar-refractivity contribution >= 4 is 34.7 Å². The maximum absolute atomic E-state index is 12.9. The topological polar surface area (TPSA) is 94.3 Å². The van der Waals surface area contributed by atoms with Crippen LogP contribution in [0.25, 0.3) is 11.1 Å². The molecule has 2 heterocycles. The minimum absolute atomic E-state index is 0.120. The summed E-state index contributed by atoms with van der Waals surface area (Å²) in [7, 11) is 1.31. The molecule has 1 N–H and O–H groups in total. The molecule has 0 aromatic carbocycles. The van der Waals surface area contributed by atoms with Gasteiger partial charge in [-0.25, -0.2) is 9.78 Å². The summed E-state index contributed by atoms with van der Waals surface area (Å²) in [5.41, 5.74) is 2.05. The Morgan fingerprint density at radius 3 is 2.72 bits per heavy atom. The molecule has 0 bridgehead atoms. The molecule has 8 heteroatoms. The summed E-state index contributed by atoms with van der Waals surface area (Å²) < 4.78 is 10.0. The Morgan fingerprint density at radius 1 is 1.40 bits per heavy atom. The van der Waals surface area contributed by atoms with Crippen molar-refractivity contribution in [3.05, 3.63) is 23.0 Å². The van der Waals surface area contributed by atoms with Crippen molar-refractivity contribution in [2.45, 2.75) is 39.2 Å². The maximum Gasteiger partial charge on any atom is 0.328 e. The van der Waals surface area contributed by atoms with E-state index in [9.17, 15) is 9.59 Å². The highest BCUT2D eigenvalue weighted by Gasteiger charge is 2.25. The Morgan fingerprint density at radius 2 is 2.12 bits per heavy atom. The molecule has 25 heavy (non-hydrogen) atoms. The number of rotatable bonds is 7. The second kappa shape index (κ2) is 8.33. The Hall–Kier alpha value is -2.09. The van der Waals surface area contributed by atoms with Gasteiger partial charge in [0.2, 0.25) is 0 Å². The molecule has 7 nitrogen and oxygen atoms in total. The predicted molar refractivity (Wildman–Crippen MR) is 96.9 cm³/mol. The average Bonchev–Trinajstić information content (AvgIpc) is 2.98. The molecular formula is C17H23N3O4S. The average molecular weight is 365 g/mol. The van der Waals surface area contributed by atoms with Crippen LogP contribution in [0.4, 0.5) is 0 Å². The summed E-state index contributed by atoms with van der Waals surface area (Å²) >= 11 is 1.60. The zero-order chi connectivity index (χ0) is 18.6. The minimum Gasteiger partial charge on any atom is -0.467 e. The number of amides is 1. The van der Waals surface area contributed by atoms with Crippen LogP contribution in [0.5, 0.6) is 0 Å². The van der Waals surface area contributed by atoms with Gasteiger partial charge in [-0.1, -0.05) is 19.0 Å². The number of pyridine rings is 1. The Balaban J connectivity index is 2.39. The van der Waals surface area contributed by atoms with Crippen molar-refractivity contribution in [3.8, 4) is 0 Å². The van der Waals surface area contributed by atoms with E-state index in [4.69, 9.17) is 9.26 Å². The third kappa shape index (κ3) is 4.31. The van der Waals surface area contributed by atoms with E-state index in [1.165, 1.54) is 7.11 Å². The molecule has 0 saturated carbocycles. The fraction of sp³-hybridized carbons (Fsp3) is 0.529. The lowest BCUT2D eigenvalue weighted by molar-refractivity contribution is -0.142. The summed E-state index contributed by atoms with van der Waals surface area (Å²) in [6.45, 7) is 5.72. The molecule has 2 aromatic heterocycles. The van der Waals surface area contributed by atoms with Crippen molar-refractivity contribution in [2.24, 2.45) is 0 Å². The zero-order valence-electron chi connectivity index (χ0n) is 15.1. The number of nitrogens with zero attached hydrogens (tertiary/aromatic N) is 2. The zero-order valence-corrected chi connectivity index (χ0v) is 15.9. The highest BCUT2D eigenvalue weighted by atomic mass is 32.2. The van der Waals surface area contributed by atoms with E-state index in [0.717, 1.165) is 11.4 Å². The quantitative estimate of drug-likeness (QED) is 0.754. The highest BCUT2D eigenvalue weighted by Crippen LogP contribution is 2.25. The van der Waals surface area contributed by atoms with Gasteiger partial charge in [0.1, 0.15) is 6.04 Å². The maximum atomic E-state index is 12.9. The van der Waals surface area contributed by atoms with Gasteiger partial charge >= 0.3 is 5.97 Å². The SMILES string of the molecule is COC(=O)[C@H](CCSC)NC(=O)c1cc(C(C)C)nc2onc(C)c12. The van der Waals surface area contributed by atoms with Crippen molar-refractivity contribution in [3.63, 3.8) is 0 Å². The van der Waals surface area contributed by atoms with Gasteiger partial charge in [-0.2, -0.15) is 11.8 Å².